The highest BCUT2D eigenvalue weighted by Gasteiger charge is 2.08. The number of aromatic nitrogens is 1. The van der Waals surface area contributed by atoms with Gasteiger partial charge in [0.2, 0.25) is 0 Å². The van der Waals surface area contributed by atoms with Gasteiger partial charge in [0.05, 0.1) is 16.6 Å². The molecule has 2 rings (SSSR count). The molecule has 0 aliphatic heterocycles. The van der Waals surface area contributed by atoms with Crippen molar-refractivity contribution in [2.24, 2.45) is 0 Å². The molecule has 0 aliphatic carbocycles. The van der Waals surface area contributed by atoms with Crippen molar-refractivity contribution in [2.75, 3.05) is 5.73 Å². The van der Waals surface area contributed by atoms with Gasteiger partial charge >= 0.3 is 0 Å². The molecule has 0 saturated carbocycles. The van der Waals surface area contributed by atoms with Crippen molar-refractivity contribution in [3.8, 4) is 0 Å². The van der Waals surface area contributed by atoms with E-state index in [4.69, 9.17) is 5.73 Å². The van der Waals surface area contributed by atoms with E-state index >= 15 is 0 Å². The molecular weight excluding hydrogens is 256 g/mol. The molecule has 0 saturated heterocycles. The van der Waals surface area contributed by atoms with E-state index in [-0.39, 0.29) is 0 Å². The van der Waals surface area contributed by atoms with Crippen molar-refractivity contribution in [1.82, 2.24) is 4.98 Å². The molecule has 0 spiro atoms. The summed E-state index contributed by atoms with van der Waals surface area (Å²) in [6, 6.07) is 9.22. The Hall–Kier alpha value is -1.68. The summed E-state index contributed by atoms with van der Waals surface area (Å²) in [4.78, 5) is 4.94. The lowest BCUT2D eigenvalue weighted by molar-refractivity contribution is 0.682. The average molecular weight is 274 g/mol. The maximum atomic E-state index is 12.3. The molecule has 0 fully saturated rings. The second-order valence-corrected chi connectivity index (χ2v) is 5.90. The van der Waals surface area contributed by atoms with Crippen LogP contribution in [0.25, 0.3) is 0 Å². The summed E-state index contributed by atoms with van der Waals surface area (Å²) in [6.45, 7) is 2.14. The Bertz CT molecular complexity index is 567. The zero-order valence-electron chi connectivity index (χ0n) is 11.0. The SMILES string of the molecule is CCCc1ccncc1CS(=O)c1ccc(N)cc1. The third-order valence-corrected chi connectivity index (χ3v) is 4.32. The maximum absolute atomic E-state index is 12.3. The predicted molar refractivity (Wildman–Crippen MR) is 79.2 cm³/mol. The van der Waals surface area contributed by atoms with Gasteiger partial charge in [0, 0.05) is 23.0 Å². The Morgan fingerprint density at radius 2 is 1.89 bits per heavy atom. The Kier molecular flexibility index (Phi) is 4.68. The number of nitrogens with zero attached hydrogens (tertiary/aromatic N) is 1. The van der Waals surface area contributed by atoms with Crippen molar-refractivity contribution in [2.45, 2.75) is 30.4 Å². The van der Waals surface area contributed by atoms with Crippen LogP contribution in [0, 0.1) is 0 Å². The Morgan fingerprint density at radius 3 is 2.58 bits per heavy atom. The summed E-state index contributed by atoms with van der Waals surface area (Å²) in [6.07, 6.45) is 5.68. The molecule has 100 valence electrons. The van der Waals surface area contributed by atoms with Crippen LogP contribution in [-0.2, 0) is 23.0 Å². The largest absolute Gasteiger partial charge is 0.399 e. The number of aryl methyl sites for hydroxylation is 1. The minimum atomic E-state index is -1.05. The third-order valence-electron chi connectivity index (χ3n) is 2.95. The molecule has 1 unspecified atom stereocenters. The van der Waals surface area contributed by atoms with Crippen molar-refractivity contribution in [3.05, 3.63) is 53.9 Å². The average Bonchev–Trinajstić information content (AvgIpc) is 2.42. The van der Waals surface area contributed by atoms with Gasteiger partial charge in [-0.1, -0.05) is 13.3 Å². The fourth-order valence-corrected chi connectivity index (χ4v) is 3.09. The van der Waals surface area contributed by atoms with E-state index in [0.29, 0.717) is 11.4 Å². The number of rotatable bonds is 5. The first kappa shape index (κ1) is 13.7. The van der Waals surface area contributed by atoms with Gasteiger partial charge in [-0.15, -0.1) is 0 Å². The smallest absolute Gasteiger partial charge is 0.0574 e. The summed E-state index contributed by atoms with van der Waals surface area (Å²) in [5.74, 6) is 0.507. The molecule has 0 radical (unpaired) electrons. The fourth-order valence-electron chi connectivity index (χ4n) is 1.94. The fraction of sp³-hybridized carbons (Fsp3) is 0.267. The van der Waals surface area contributed by atoms with E-state index in [0.717, 1.165) is 23.3 Å². The number of anilines is 1. The van der Waals surface area contributed by atoms with E-state index in [1.54, 1.807) is 18.3 Å². The zero-order valence-corrected chi connectivity index (χ0v) is 11.8. The lowest BCUT2D eigenvalue weighted by Gasteiger charge is -2.08. The molecule has 1 atom stereocenters. The molecular formula is C15H18N2OS. The number of nitrogens with two attached hydrogens (primary N) is 1. The zero-order chi connectivity index (χ0) is 13.7. The summed E-state index contributed by atoms with van der Waals surface area (Å²) in [7, 11) is -1.05. The molecule has 0 bridgehead atoms. The molecule has 4 heteroatoms. The number of nitrogen functional groups attached to an aromatic ring is 1. The van der Waals surface area contributed by atoms with Gasteiger partial charge in [-0.25, -0.2) is 0 Å². The van der Waals surface area contributed by atoms with Crippen LogP contribution in [-0.4, -0.2) is 9.19 Å². The number of hydrogen-bond donors (Lipinski definition) is 1. The van der Waals surface area contributed by atoms with Crippen LogP contribution in [0.4, 0.5) is 5.69 Å². The summed E-state index contributed by atoms with van der Waals surface area (Å²) < 4.78 is 12.3. The van der Waals surface area contributed by atoms with Gasteiger partial charge < -0.3 is 5.73 Å². The number of benzene rings is 1. The van der Waals surface area contributed by atoms with Crippen LogP contribution >= 0.6 is 0 Å². The molecule has 1 aromatic carbocycles. The highest BCUT2D eigenvalue weighted by atomic mass is 32.2. The highest BCUT2D eigenvalue weighted by molar-refractivity contribution is 7.84. The van der Waals surface area contributed by atoms with E-state index in [1.165, 1.54) is 5.56 Å². The van der Waals surface area contributed by atoms with Crippen LogP contribution in [0.2, 0.25) is 0 Å². The summed E-state index contributed by atoms with van der Waals surface area (Å²) in [5, 5.41) is 0. The molecule has 0 amide bonds. The molecule has 19 heavy (non-hydrogen) atoms. The van der Waals surface area contributed by atoms with Gasteiger partial charge in [-0.05, 0) is 47.9 Å². The van der Waals surface area contributed by atoms with Crippen LogP contribution in [0.3, 0.4) is 0 Å². The van der Waals surface area contributed by atoms with Crippen LogP contribution < -0.4 is 5.73 Å². The molecule has 1 heterocycles. The van der Waals surface area contributed by atoms with Gasteiger partial charge in [-0.3, -0.25) is 9.19 Å². The van der Waals surface area contributed by atoms with Crippen LogP contribution in [0.1, 0.15) is 24.5 Å². The standard InChI is InChI=1S/C15H18N2OS/c1-2-3-12-8-9-17-10-13(12)11-19(18)15-6-4-14(16)5-7-15/h4-10H,2-3,11,16H2,1H3. The topological polar surface area (TPSA) is 56.0 Å². The minimum Gasteiger partial charge on any atom is -0.399 e. The second-order valence-electron chi connectivity index (χ2n) is 4.45. The molecule has 3 nitrogen and oxygen atoms in total. The third kappa shape index (κ3) is 3.64. The molecule has 2 aromatic rings. The summed E-state index contributed by atoms with van der Waals surface area (Å²) >= 11 is 0. The van der Waals surface area contributed by atoms with E-state index in [9.17, 15) is 4.21 Å². The quantitative estimate of drug-likeness (QED) is 0.853. The van der Waals surface area contributed by atoms with Crippen LogP contribution in [0.5, 0.6) is 0 Å². The first-order valence-electron chi connectivity index (χ1n) is 6.36. The van der Waals surface area contributed by atoms with Gasteiger partial charge in [0.1, 0.15) is 0 Å². The summed E-state index contributed by atoms with van der Waals surface area (Å²) in [5.41, 5.74) is 8.63. The van der Waals surface area contributed by atoms with Gasteiger partial charge in [-0.2, -0.15) is 0 Å². The molecule has 0 aliphatic rings. The first-order valence-corrected chi connectivity index (χ1v) is 7.68. The Morgan fingerprint density at radius 1 is 1.16 bits per heavy atom. The van der Waals surface area contributed by atoms with Crippen molar-refractivity contribution >= 4 is 16.5 Å². The van der Waals surface area contributed by atoms with E-state index in [1.807, 2.05) is 24.4 Å². The monoisotopic (exact) mass is 274 g/mol. The normalized spacial score (nSPS) is 12.3. The molecule has 1 aromatic heterocycles. The molecule has 2 N–H and O–H groups in total. The lowest BCUT2D eigenvalue weighted by atomic mass is 10.1. The number of pyridine rings is 1. The first-order chi connectivity index (χ1) is 9.20. The minimum absolute atomic E-state index is 0.507. The Labute approximate surface area is 116 Å². The van der Waals surface area contributed by atoms with Gasteiger partial charge in [0.25, 0.3) is 0 Å². The lowest BCUT2D eigenvalue weighted by Crippen LogP contribution is -2.01. The second kappa shape index (κ2) is 6.48. The number of hydrogen-bond acceptors (Lipinski definition) is 3. The highest BCUT2D eigenvalue weighted by Crippen LogP contribution is 2.17. The Balaban J connectivity index is 2.16. The van der Waals surface area contributed by atoms with Crippen molar-refractivity contribution < 1.29 is 4.21 Å². The van der Waals surface area contributed by atoms with Crippen molar-refractivity contribution in [3.63, 3.8) is 0 Å². The van der Waals surface area contributed by atoms with E-state index in [2.05, 4.69) is 11.9 Å². The van der Waals surface area contributed by atoms with Crippen molar-refractivity contribution in [1.29, 1.82) is 0 Å². The maximum Gasteiger partial charge on any atom is 0.0574 e. The van der Waals surface area contributed by atoms with Crippen LogP contribution in [0.15, 0.2) is 47.6 Å². The van der Waals surface area contributed by atoms with E-state index < -0.39 is 10.8 Å². The predicted octanol–water partition coefficient (Wildman–Crippen LogP) is 2.92. The van der Waals surface area contributed by atoms with Gasteiger partial charge in [0.15, 0.2) is 0 Å².